The van der Waals surface area contributed by atoms with E-state index in [9.17, 15) is 33.2 Å². The topological polar surface area (TPSA) is 167 Å². The van der Waals surface area contributed by atoms with Gasteiger partial charge in [-0.05, 0) is 76.5 Å². The van der Waals surface area contributed by atoms with E-state index >= 15 is 0 Å². The van der Waals surface area contributed by atoms with Gasteiger partial charge in [0.05, 0.1) is 13.1 Å². The third-order valence-electron chi connectivity index (χ3n) is 11.9. The average molecular weight is 815 g/mol. The number of hydrogen-bond donors (Lipinski definition) is 3. The highest BCUT2D eigenvalue weighted by molar-refractivity contribution is 6.00. The summed E-state index contributed by atoms with van der Waals surface area (Å²) in [4.78, 5) is 88.2. The van der Waals surface area contributed by atoms with E-state index in [1.807, 2.05) is 42.5 Å². The van der Waals surface area contributed by atoms with Gasteiger partial charge in [-0.15, -0.1) is 0 Å². The fourth-order valence-electron chi connectivity index (χ4n) is 8.77. The van der Waals surface area contributed by atoms with Crippen molar-refractivity contribution in [2.75, 3.05) is 13.1 Å². The van der Waals surface area contributed by atoms with Gasteiger partial charge in [0.15, 0.2) is 0 Å². The second-order valence-corrected chi connectivity index (χ2v) is 17.4. The molecular formula is C44H55FN6O8. The largest absolute Gasteiger partial charge is 0.444 e. The number of rotatable bonds is 6. The molecule has 2 aromatic carbocycles. The summed E-state index contributed by atoms with van der Waals surface area (Å²) in [5.74, 6) is -2.52. The van der Waals surface area contributed by atoms with Crippen LogP contribution in [0.4, 0.5) is 14.0 Å². The number of alkyl carbamates (subject to hydrolysis) is 1. The van der Waals surface area contributed by atoms with Crippen LogP contribution in [-0.2, 0) is 48.3 Å². The average Bonchev–Trinajstić information content (AvgIpc) is 3.61. The van der Waals surface area contributed by atoms with Crippen molar-refractivity contribution < 1.29 is 42.6 Å². The lowest BCUT2D eigenvalue weighted by Crippen LogP contribution is -2.59. The molecule has 3 fully saturated rings. The molecule has 0 bridgehead atoms. The quantitative estimate of drug-likeness (QED) is 0.349. The molecule has 1 saturated carbocycles. The van der Waals surface area contributed by atoms with Crippen LogP contribution in [0.25, 0.3) is 0 Å². The zero-order valence-electron chi connectivity index (χ0n) is 34.0. The molecule has 14 nitrogen and oxygen atoms in total. The lowest BCUT2D eigenvalue weighted by atomic mass is 10.0. The minimum absolute atomic E-state index is 0.0172. The Morgan fingerprint density at radius 2 is 1.76 bits per heavy atom. The molecule has 0 spiro atoms. The Hall–Kier alpha value is -5.47. The molecule has 0 radical (unpaired) electrons. The summed E-state index contributed by atoms with van der Waals surface area (Å²) in [5.41, 5.74) is -0.168. The number of nitrogens with one attached hydrogen (secondary N) is 3. The van der Waals surface area contributed by atoms with E-state index in [4.69, 9.17) is 9.47 Å². The van der Waals surface area contributed by atoms with E-state index in [1.165, 1.54) is 15.9 Å². The molecule has 7 rings (SSSR count). The van der Waals surface area contributed by atoms with Crippen molar-refractivity contribution in [3.63, 3.8) is 0 Å². The van der Waals surface area contributed by atoms with Crippen molar-refractivity contribution in [1.29, 1.82) is 0 Å². The second-order valence-electron chi connectivity index (χ2n) is 17.4. The fourth-order valence-corrected chi connectivity index (χ4v) is 8.77. The van der Waals surface area contributed by atoms with E-state index in [0.717, 1.165) is 24.8 Å². The van der Waals surface area contributed by atoms with Crippen LogP contribution in [0.1, 0.15) is 95.2 Å². The Labute approximate surface area is 344 Å². The van der Waals surface area contributed by atoms with Crippen molar-refractivity contribution in [2.24, 2.45) is 5.92 Å². The Kier molecular flexibility index (Phi) is 12.3. The van der Waals surface area contributed by atoms with Gasteiger partial charge in [0, 0.05) is 37.5 Å². The van der Waals surface area contributed by atoms with Crippen LogP contribution >= 0.6 is 0 Å². The van der Waals surface area contributed by atoms with Gasteiger partial charge in [-0.1, -0.05) is 67.5 Å². The second kappa shape index (κ2) is 17.4. The molecule has 2 saturated heterocycles. The van der Waals surface area contributed by atoms with Gasteiger partial charge in [-0.2, -0.15) is 0 Å². The summed E-state index contributed by atoms with van der Waals surface area (Å²) >= 11 is 0. The third kappa shape index (κ3) is 9.55. The van der Waals surface area contributed by atoms with Gasteiger partial charge >= 0.3 is 12.2 Å². The Morgan fingerprint density at radius 1 is 0.966 bits per heavy atom. The maximum Gasteiger partial charge on any atom is 0.410 e. The van der Waals surface area contributed by atoms with E-state index in [2.05, 4.69) is 16.0 Å². The molecule has 6 atom stereocenters. The molecular weight excluding hydrogens is 760 g/mol. The zero-order chi connectivity index (χ0) is 41.9. The number of nitrogens with zero attached hydrogens (tertiary/aromatic N) is 3. The van der Waals surface area contributed by atoms with Gasteiger partial charge in [0.1, 0.15) is 41.2 Å². The molecule has 2 aromatic rings. The fraction of sp³-hybridized carbons (Fsp3) is 0.545. The number of ether oxygens (including phenoxy) is 2. The van der Waals surface area contributed by atoms with Crippen molar-refractivity contribution in [2.45, 2.75) is 134 Å². The van der Waals surface area contributed by atoms with Gasteiger partial charge < -0.3 is 35.2 Å². The van der Waals surface area contributed by atoms with E-state index < -0.39 is 65.2 Å². The summed E-state index contributed by atoms with van der Waals surface area (Å²) in [7, 11) is 0. The summed E-state index contributed by atoms with van der Waals surface area (Å²) in [5, 5.41) is 8.74. The highest BCUT2D eigenvalue weighted by Gasteiger charge is 2.63. The van der Waals surface area contributed by atoms with Crippen LogP contribution in [0, 0.1) is 11.7 Å². The van der Waals surface area contributed by atoms with Crippen LogP contribution < -0.4 is 16.0 Å². The Balaban J connectivity index is 1.12. The standard InChI is InChI=1S/C44H55FN6O8/c1-43(2,3)59-41(56)47-34-19-11-6-4-5-10-17-30-23-44(30,40(55)50-21-13-20-35(50)37(52)46-24-28-14-8-7-9-15-28)48-38(53)36-22-31(26-51(36)39(34)54)58-42(57)49-25-29-16-12-18-33(45)32(29)27-49/h7-10,12,14-18,30-31,34-36H,4-6,11,13,19-27H2,1-3H3,(H,46,52)(H,47,56)(H,48,53)/b17-10-/t30-,31+,34-,35-,36-,44+/m0/s1. The van der Waals surface area contributed by atoms with Crippen LogP contribution in [0.2, 0.25) is 0 Å². The molecule has 4 aliphatic heterocycles. The van der Waals surface area contributed by atoms with Crippen LogP contribution in [0.3, 0.4) is 0 Å². The molecule has 5 aliphatic rings. The Morgan fingerprint density at radius 3 is 2.53 bits per heavy atom. The lowest BCUT2D eigenvalue weighted by Gasteiger charge is -2.32. The summed E-state index contributed by atoms with van der Waals surface area (Å²) < 4.78 is 26.0. The maximum absolute atomic E-state index is 14.7. The molecule has 4 heterocycles. The molecule has 6 amide bonds. The van der Waals surface area contributed by atoms with Crippen molar-refractivity contribution in [1.82, 2.24) is 30.7 Å². The minimum Gasteiger partial charge on any atom is -0.444 e. The van der Waals surface area contributed by atoms with Crippen LogP contribution in [0.15, 0.2) is 60.7 Å². The number of carbonyl (C=O) groups is 6. The van der Waals surface area contributed by atoms with Crippen LogP contribution in [-0.4, -0.2) is 99.0 Å². The predicted octanol–water partition coefficient (Wildman–Crippen LogP) is 4.84. The van der Waals surface area contributed by atoms with E-state index in [-0.39, 0.29) is 50.2 Å². The summed E-state index contributed by atoms with van der Waals surface area (Å²) in [6, 6.07) is 11.2. The summed E-state index contributed by atoms with van der Waals surface area (Å²) in [6.07, 6.45) is 6.07. The van der Waals surface area contributed by atoms with E-state index in [0.29, 0.717) is 49.9 Å². The van der Waals surface area contributed by atoms with Crippen molar-refractivity contribution in [3.05, 3.63) is 83.2 Å². The first-order chi connectivity index (χ1) is 28.2. The normalized spacial score (nSPS) is 27.6. The molecule has 3 N–H and O–H groups in total. The smallest absolute Gasteiger partial charge is 0.410 e. The molecule has 316 valence electrons. The van der Waals surface area contributed by atoms with Gasteiger partial charge in [-0.25, -0.2) is 14.0 Å². The number of likely N-dealkylation sites (tertiary alicyclic amines) is 1. The minimum atomic E-state index is -1.35. The van der Waals surface area contributed by atoms with Gasteiger partial charge in [0.2, 0.25) is 23.6 Å². The SMILES string of the molecule is CC(C)(C)OC(=O)N[C@H]1CCCCC/C=C\[C@H]2C[C@@]2(C(=O)N2CCC[C@H]2C(=O)NCc2ccccc2)NC(=O)[C@@H]2C[C@@H](OC(=O)N3Cc4cccc(F)c4C3)CN2C1=O. The van der Waals surface area contributed by atoms with Crippen LogP contribution in [0.5, 0.6) is 0 Å². The van der Waals surface area contributed by atoms with Gasteiger partial charge in [0.25, 0.3) is 0 Å². The number of allylic oxidation sites excluding steroid dienone is 1. The first kappa shape index (κ1) is 41.7. The van der Waals surface area contributed by atoms with Crippen molar-refractivity contribution in [3.8, 4) is 0 Å². The zero-order valence-corrected chi connectivity index (χ0v) is 34.0. The highest BCUT2D eigenvalue weighted by Crippen LogP contribution is 2.47. The van der Waals surface area contributed by atoms with Gasteiger partial charge in [-0.3, -0.25) is 24.1 Å². The predicted molar refractivity (Wildman–Crippen MR) is 213 cm³/mol. The lowest BCUT2D eigenvalue weighted by molar-refractivity contribution is -0.145. The van der Waals surface area contributed by atoms with E-state index in [1.54, 1.807) is 37.8 Å². The number of carbonyl (C=O) groups excluding carboxylic acids is 6. The Bertz CT molecular complexity index is 1970. The molecule has 1 aliphatic carbocycles. The molecule has 0 aromatic heterocycles. The number of halogens is 1. The molecule has 0 unspecified atom stereocenters. The highest BCUT2D eigenvalue weighted by atomic mass is 19.1. The number of amides is 6. The number of fused-ring (bicyclic) bond motifs is 3. The molecule has 15 heteroatoms. The number of benzene rings is 2. The number of hydrogen-bond acceptors (Lipinski definition) is 8. The monoisotopic (exact) mass is 814 g/mol. The molecule has 59 heavy (non-hydrogen) atoms. The first-order valence-corrected chi connectivity index (χ1v) is 20.9. The maximum atomic E-state index is 14.7. The third-order valence-corrected chi connectivity index (χ3v) is 11.9. The van der Waals surface area contributed by atoms with Crippen molar-refractivity contribution >= 4 is 35.8 Å². The summed E-state index contributed by atoms with van der Waals surface area (Å²) in [6.45, 7) is 5.83. The first-order valence-electron chi connectivity index (χ1n) is 20.9.